The van der Waals surface area contributed by atoms with Gasteiger partial charge in [0.1, 0.15) is 0 Å². The molecule has 1 spiro atoms. The fourth-order valence-electron chi connectivity index (χ4n) is 8.02. The fraction of sp³-hybridized carbons (Fsp3) is 0.515. The summed E-state index contributed by atoms with van der Waals surface area (Å²) in [6.07, 6.45) is 0.238. The molecule has 3 amide bonds. The molecule has 4 aliphatic rings. The second-order valence-electron chi connectivity index (χ2n) is 13.4. The van der Waals surface area contributed by atoms with Crippen molar-refractivity contribution in [3.63, 3.8) is 0 Å². The number of carbonyl (C=O) groups is 4. The molecule has 1 unspecified atom stereocenters. The largest absolute Gasteiger partial charge is 0.441 e. The third-order valence-corrected chi connectivity index (χ3v) is 12.7. The molecule has 4 aliphatic heterocycles. The Kier molecular flexibility index (Phi) is 8.56. The van der Waals surface area contributed by atoms with Crippen LogP contribution in [0.5, 0.6) is 0 Å². The number of carbonyl (C=O) groups excluding carboxylic acids is 4. The average molecular weight is 670 g/mol. The normalized spacial score (nSPS) is 29.0. The van der Waals surface area contributed by atoms with E-state index in [1.54, 1.807) is 46.2 Å². The van der Waals surface area contributed by atoms with Gasteiger partial charge in [0.2, 0.25) is 11.8 Å². The van der Waals surface area contributed by atoms with Gasteiger partial charge in [-0.05, 0) is 61.8 Å². The lowest BCUT2D eigenvalue weighted by atomic mass is 9.82. The van der Waals surface area contributed by atoms with Crippen LogP contribution in [-0.2, 0) is 40.8 Å². The average Bonchev–Trinajstić information content (AvgIpc) is 3.63. The van der Waals surface area contributed by atoms with E-state index in [-0.39, 0.29) is 49.8 Å². The number of esters is 1. The van der Waals surface area contributed by atoms with Crippen molar-refractivity contribution in [2.75, 3.05) is 23.0 Å². The van der Waals surface area contributed by atoms with Crippen molar-refractivity contribution in [2.45, 2.75) is 88.7 Å². The summed E-state index contributed by atoms with van der Waals surface area (Å²) in [6, 6.07) is 12.2. The number of aliphatic hydroxyl groups excluding tert-OH is 1. The second-order valence-corrected chi connectivity index (χ2v) is 17.8. The zero-order chi connectivity index (χ0) is 33.1. The van der Waals surface area contributed by atoms with Gasteiger partial charge in [0.25, 0.3) is 5.91 Å². The Hall–Kier alpha value is -3.29. The number of aliphatic hydroxyl groups is 1. The summed E-state index contributed by atoms with van der Waals surface area (Å²) < 4.78 is 12.1. The van der Waals surface area contributed by atoms with Gasteiger partial charge in [0.15, 0.2) is 20.1 Å². The highest BCUT2D eigenvalue weighted by atomic mass is 35.5. The first-order chi connectivity index (χ1) is 21.8. The van der Waals surface area contributed by atoms with E-state index in [2.05, 4.69) is 0 Å². The number of hydrogen-bond donors (Lipinski definition) is 2. The molecule has 0 aromatic heterocycles. The zero-order valence-corrected chi connectivity index (χ0v) is 28.2. The van der Waals surface area contributed by atoms with Crippen LogP contribution in [-0.4, -0.2) is 78.3 Å². The van der Waals surface area contributed by atoms with Crippen LogP contribution in [0.4, 0.5) is 11.4 Å². The van der Waals surface area contributed by atoms with Crippen LogP contribution < -0.4 is 9.80 Å². The predicted molar refractivity (Wildman–Crippen MR) is 172 cm³/mol. The number of anilines is 2. The van der Waals surface area contributed by atoms with Gasteiger partial charge in [0.05, 0.1) is 43.8 Å². The Balaban J connectivity index is 1.33. The number of β-lactam (4-membered cyclic amide) rings is 1. The maximum atomic E-state index is 14.7. The summed E-state index contributed by atoms with van der Waals surface area (Å²) in [4.78, 5) is 68.6. The van der Waals surface area contributed by atoms with E-state index in [9.17, 15) is 29.1 Å². The smallest absolute Gasteiger partial charge is 0.304 e. The molecular formula is C33H40ClN3O8Si. The topological polar surface area (TPSA) is 137 Å². The van der Waals surface area contributed by atoms with Gasteiger partial charge in [-0.3, -0.25) is 24.1 Å². The maximum Gasteiger partial charge on any atom is 0.304 e. The first-order valence-corrected chi connectivity index (χ1v) is 19.2. The van der Waals surface area contributed by atoms with Crippen molar-refractivity contribution < 1.29 is 38.6 Å². The minimum Gasteiger partial charge on any atom is -0.441 e. The van der Waals surface area contributed by atoms with Gasteiger partial charge in [-0.2, -0.15) is 0 Å². The maximum absolute atomic E-state index is 14.7. The van der Waals surface area contributed by atoms with Crippen molar-refractivity contribution in [1.82, 2.24) is 4.90 Å². The van der Waals surface area contributed by atoms with Crippen LogP contribution in [0, 0.1) is 5.92 Å². The highest BCUT2D eigenvalue weighted by Crippen LogP contribution is 2.60. The van der Waals surface area contributed by atoms with Gasteiger partial charge in [-0.25, -0.2) is 0 Å². The molecule has 2 aromatic rings. The first-order valence-electron chi connectivity index (χ1n) is 15.8. The number of benzene rings is 2. The fourth-order valence-corrected chi connectivity index (χ4v) is 10.7. The van der Waals surface area contributed by atoms with Gasteiger partial charge in [-0.15, -0.1) is 0 Å². The van der Waals surface area contributed by atoms with E-state index < -0.39 is 43.7 Å². The molecule has 2 N–H and O–H groups in total. The lowest BCUT2D eigenvalue weighted by Crippen LogP contribution is -2.54. The molecule has 46 heavy (non-hydrogen) atoms. The van der Waals surface area contributed by atoms with Crippen molar-refractivity contribution in [3.05, 3.63) is 58.6 Å². The molecule has 0 aliphatic carbocycles. The third-order valence-electron chi connectivity index (χ3n) is 9.97. The molecule has 6 atom stereocenters. The lowest BCUT2D eigenvalue weighted by molar-refractivity contribution is -0.154. The van der Waals surface area contributed by atoms with E-state index in [1.807, 2.05) is 26.1 Å². The number of rotatable bonds is 8. The first kappa shape index (κ1) is 32.6. The van der Waals surface area contributed by atoms with Gasteiger partial charge in [0, 0.05) is 41.2 Å². The van der Waals surface area contributed by atoms with Gasteiger partial charge >= 0.3 is 5.97 Å². The minimum atomic E-state index is -3.00. The molecule has 11 nitrogen and oxygen atoms in total. The second kappa shape index (κ2) is 12.1. The monoisotopic (exact) mass is 669 g/mol. The molecule has 3 fully saturated rings. The SMILES string of the molecule is CC(=O)OC1CC(=O)N1c1cccc(CN2C(=O)[C@@]3(O[C@@H](CC(=O)N4CCC[C@H]4CO)[C@H]([Si](C)(C)O)[C@H]3C)c3cc(Cl)ccc32)c1. The molecule has 13 heteroatoms. The predicted octanol–water partition coefficient (Wildman–Crippen LogP) is 3.68. The Morgan fingerprint density at radius 1 is 1.17 bits per heavy atom. The summed E-state index contributed by atoms with van der Waals surface area (Å²) >= 11 is 6.51. The number of nitrogens with zero attached hydrogens (tertiary/aromatic N) is 3. The molecule has 0 bridgehead atoms. The molecule has 0 saturated carbocycles. The standard InChI is InChI=1S/C33H40ClN3O8Si/c1-19-31(46(3,4)43)27(15-28(40)35-12-6-9-24(35)18-38)45-33(19)25-14-22(34)10-11-26(25)36(32(33)42)17-21-7-5-8-23(13-21)37-29(41)16-30(37)44-20(2)39/h5,7-8,10-11,13-14,19,24,27,30-31,38,43H,6,9,12,15-18H2,1-4H3/t19-,24+,27+,30?,31-,33+/m1/s1. The summed E-state index contributed by atoms with van der Waals surface area (Å²) in [6.45, 7) is 7.41. The molecule has 246 valence electrons. The number of likely N-dealkylation sites (tertiary alicyclic amines) is 1. The Labute approximate surface area is 274 Å². The molecular weight excluding hydrogens is 630 g/mol. The molecule has 2 aromatic carbocycles. The zero-order valence-electron chi connectivity index (χ0n) is 26.4. The van der Waals surface area contributed by atoms with Crippen LogP contribution in [0.3, 0.4) is 0 Å². The summed E-state index contributed by atoms with van der Waals surface area (Å²) in [5.74, 6) is -1.60. The number of fused-ring (bicyclic) bond motifs is 2. The van der Waals surface area contributed by atoms with Crippen molar-refractivity contribution in [2.24, 2.45) is 5.92 Å². The van der Waals surface area contributed by atoms with Crippen LogP contribution in [0.1, 0.15) is 50.7 Å². The minimum absolute atomic E-state index is 0.0111. The number of amides is 3. The highest BCUT2D eigenvalue weighted by molar-refractivity contribution is 6.71. The van der Waals surface area contributed by atoms with Crippen LogP contribution in [0.25, 0.3) is 0 Å². The Bertz CT molecular complexity index is 1580. The quantitative estimate of drug-likeness (QED) is 0.247. The number of hydrogen-bond acceptors (Lipinski definition) is 8. The van der Waals surface area contributed by atoms with Gasteiger partial charge in [-0.1, -0.05) is 30.7 Å². The Morgan fingerprint density at radius 3 is 2.61 bits per heavy atom. The van der Waals surface area contributed by atoms with Gasteiger partial charge < -0.3 is 29.2 Å². The summed E-state index contributed by atoms with van der Waals surface area (Å²) in [7, 11) is -3.00. The van der Waals surface area contributed by atoms with E-state index in [0.29, 0.717) is 28.5 Å². The van der Waals surface area contributed by atoms with Crippen LogP contribution >= 0.6 is 11.6 Å². The molecule has 0 radical (unpaired) electrons. The molecule has 3 saturated heterocycles. The Morgan fingerprint density at radius 2 is 1.93 bits per heavy atom. The van der Waals surface area contributed by atoms with Crippen LogP contribution in [0.15, 0.2) is 42.5 Å². The van der Waals surface area contributed by atoms with Crippen molar-refractivity contribution in [3.8, 4) is 0 Å². The highest BCUT2D eigenvalue weighted by Gasteiger charge is 2.66. The molecule has 4 heterocycles. The van der Waals surface area contributed by atoms with E-state index in [1.165, 1.54) is 11.8 Å². The number of ether oxygens (including phenoxy) is 2. The van der Waals surface area contributed by atoms with Crippen molar-refractivity contribution in [1.29, 1.82) is 0 Å². The van der Waals surface area contributed by atoms with E-state index in [0.717, 1.165) is 18.4 Å². The van der Waals surface area contributed by atoms with E-state index in [4.69, 9.17) is 21.1 Å². The summed E-state index contributed by atoms with van der Waals surface area (Å²) in [5.41, 5.74) is 0.580. The third kappa shape index (κ3) is 5.43. The molecule has 6 rings (SSSR count). The lowest BCUT2D eigenvalue weighted by Gasteiger charge is -2.39. The van der Waals surface area contributed by atoms with E-state index >= 15 is 0 Å². The van der Waals surface area contributed by atoms with Crippen LogP contribution in [0.2, 0.25) is 23.7 Å². The van der Waals surface area contributed by atoms with Crippen molar-refractivity contribution >= 4 is 55.0 Å². The summed E-state index contributed by atoms with van der Waals surface area (Å²) in [5, 5.41) is 10.3. The number of halogens is 1.